The average molecular weight is 539 g/mol. The number of benzene rings is 2. The summed E-state index contributed by atoms with van der Waals surface area (Å²) in [6, 6.07) is 22.2. The summed E-state index contributed by atoms with van der Waals surface area (Å²) in [5, 5.41) is 7.51. The van der Waals surface area contributed by atoms with Gasteiger partial charge in [0, 0.05) is 49.8 Å². The van der Waals surface area contributed by atoms with Crippen molar-refractivity contribution < 1.29 is 9.53 Å². The number of H-pyrrole nitrogens is 1. The van der Waals surface area contributed by atoms with Crippen LogP contribution in [0.15, 0.2) is 79.1 Å². The number of carbonyl (C=O) groups excluding carboxylic acids is 1. The molecule has 9 heteroatoms. The predicted octanol–water partition coefficient (Wildman–Crippen LogP) is 5.23. The normalized spacial score (nSPS) is 13.9. The molecule has 1 aliphatic heterocycles. The molecule has 0 saturated carbocycles. The van der Waals surface area contributed by atoms with Crippen molar-refractivity contribution in [3.63, 3.8) is 0 Å². The predicted molar refractivity (Wildman–Crippen MR) is 156 cm³/mol. The van der Waals surface area contributed by atoms with Gasteiger partial charge in [-0.1, -0.05) is 24.3 Å². The van der Waals surface area contributed by atoms with Crippen molar-refractivity contribution in [1.29, 1.82) is 0 Å². The first kappa shape index (κ1) is 25.2. The lowest BCUT2D eigenvalue weighted by molar-refractivity contribution is 0.0384. The van der Waals surface area contributed by atoms with Crippen molar-refractivity contribution in [1.82, 2.24) is 25.2 Å². The van der Waals surface area contributed by atoms with Crippen LogP contribution in [-0.4, -0.2) is 58.6 Å². The Kier molecular flexibility index (Phi) is 7.62. The number of nitrogens with one attached hydrogen (secondary N) is 3. The Bertz CT molecular complexity index is 1570. The molecule has 198 valence electrons. The molecule has 1 saturated heterocycles. The minimum absolute atomic E-state index is 0.0980. The van der Waals surface area contributed by atoms with Crippen LogP contribution in [0.4, 0.5) is 11.6 Å². The summed E-state index contributed by atoms with van der Waals surface area (Å²) in [6.45, 7) is 5.11. The summed E-state index contributed by atoms with van der Waals surface area (Å²) in [5.41, 5.74) is 5.11. The molecule has 8 nitrogen and oxygen atoms in total. The van der Waals surface area contributed by atoms with Gasteiger partial charge in [0.2, 0.25) is 5.95 Å². The third-order valence-electron chi connectivity index (χ3n) is 6.81. The third kappa shape index (κ3) is 6.34. The monoisotopic (exact) mass is 538 g/mol. The first-order chi connectivity index (χ1) is 19.2. The van der Waals surface area contributed by atoms with E-state index >= 15 is 0 Å². The lowest BCUT2D eigenvalue weighted by atomic mass is 10.1. The van der Waals surface area contributed by atoms with Crippen LogP contribution in [0.1, 0.15) is 20.8 Å². The third-order valence-corrected chi connectivity index (χ3v) is 7.92. The molecule has 0 atom stereocenters. The number of hydrogen-bond acceptors (Lipinski definition) is 7. The molecule has 6 rings (SSSR count). The highest BCUT2D eigenvalue weighted by molar-refractivity contribution is 7.17. The maximum absolute atomic E-state index is 12.8. The Morgan fingerprint density at radius 1 is 1.03 bits per heavy atom. The highest BCUT2D eigenvalue weighted by atomic mass is 32.1. The number of nitrogens with zero attached hydrogens (tertiary/aromatic N) is 3. The second-order valence-electron chi connectivity index (χ2n) is 9.54. The van der Waals surface area contributed by atoms with Gasteiger partial charge in [-0.3, -0.25) is 9.69 Å². The topological polar surface area (TPSA) is 95.2 Å². The maximum atomic E-state index is 12.8. The largest absolute Gasteiger partial charge is 0.379 e. The summed E-state index contributed by atoms with van der Waals surface area (Å²) in [6.07, 6.45) is 4.64. The Morgan fingerprint density at radius 3 is 2.87 bits per heavy atom. The van der Waals surface area contributed by atoms with Crippen molar-refractivity contribution in [3.8, 4) is 10.6 Å². The van der Waals surface area contributed by atoms with Crippen LogP contribution in [0.3, 0.4) is 0 Å². The highest BCUT2D eigenvalue weighted by Crippen LogP contribution is 2.28. The van der Waals surface area contributed by atoms with E-state index in [1.54, 1.807) is 6.20 Å². The van der Waals surface area contributed by atoms with Gasteiger partial charge in [-0.25, -0.2) is 9.97 Å². The number of hydrogen-bond donors (Lipinski definition) is 3. The second-order valence-corrected chi connectivity index (χ2v) is 10.6. The zero-order valence-electron chi connectivity index (χ0n) is 21.5. The van der Waals surface area contributed by atoms with E-state index in [4.69, 9.17) is 9.72 Å². The van der Waals surface area contributed by atoms with Crippen molar-refractivity contribution in [3.05, 3.63) is 95.1 Å². The molecular weight excluding hydrogens is 508 g/mol. The number of aromatic amines is 1. The van der Waals surface area contributed by atoms with Crippen molar-refractivity contribution >= 4 is 39.8 Å². The lowest BCUT2D eigenvalue weighted by Crippen LogP contribution is -2.37. The zero-order valence-corrected chi connectivity index (χ0v) is 22.3. The summed E-state index contributed by atoms with van der Waals surface area (Å²) in [4.78, 5) is 29.1. The van der Waals surface area contributed by atoms with Crippen LogP contribution in [0.25, 0.3) is 21.5 Å². The fourth-order valence-electron chi connectivity index (χ4n) is 4.67. The molecule has 0 unspecified atom stereocenters. The van der Waals surface area contributed by atoms with Crippen LogP contribution in [0, 0.1) is 0 Å². The van der Waals surface area contributed by atoms with E-state index in [0.717, 1.165) is 72.0 Å². The van der Waals surface area contributed by atoms with Crippen LogP contribution >= 0.6 is 11.3 Å². The number of fused-ring (bicyclic) bond motifs is 1. The molecule has 0 radical (unpaired) electrons. The molecule has 0 spiro atoms. The van der Waals surface area contributed by atoms with E-state index in [0.29, 0.717) is 17.4 Å². The van der Waals surface area contributed by atoms with E-state index in [9.17, 15) is 4.79 Å². The number of morpholine rings is 1. The Hall–Kier alpha value is -4.05. The Balaban J connectivity index is 1.07. The molecule has 1 aliphatic rings. The number of ether oxygens (including phenoxy) is 1. The molecule has 2 aromatic carbocycles. The average Bonchev–Trinajstić information content (AvgIpc) is 3.66. The molecule has 4 heterocycles. The summed E-state index contributed by atoms with van der Waals surface area (Å²) in [5.74, 6) is 0.427. The number of aromatic nitrogens is 3. The van der Waals surface area contributed by atoms with E-state index in [-0.39, 0.29) is 5.91 Å². The van der Waals surface area contributed by atoms with E-state index in [2.05, 4.69) is 55.8 Å². The standard InChI is InChI=1S/C30H30N6O2S/c37-29(33-20-22-4-5-23-8-11-31-26(23)19-22)28-7-6-27(39-28)25-9-12-32-30(35-25)34-24-3-1-2-21(18-24)10-13-36-14-16-38-17-15-36/h1-9,11-12,18-19,31H,10,13-17,20H2,(H,33,37)(H,32,34,35). The van der Waals surface area contributed by atoms with Gasteiger partial charge in [0.15, 0.2) is 0 Å². The fraction of sp³-hybridized carbons (Fsp3) is 0.233. The summed E-state index contributed by atoms with van der Waals surface area (Å²) in [7, 11) is 0. The van der Waals surface area contributed by atoms with Crippen LogP contribution in [0.5, 0.6) is 0 Å². The second kappa shape index (κ2) is 11.8. The minimum Gasteiger partial charge on any atom is -0.379 e. The van der Waals surface area contributed by atoms with Crippen LogP contribution < -0.4 is 10.6 Å². The van der Waals surface area contributed by atoms with Crippen molar-refractivity contribution in [2.75, 3.05) is 38.2 Å². The smallest absolute Gasteiger partial charge is 0.261 e. The van der Waals surface area contributed by atoms with Crippen molar-refractivity contribution in [2.24, 2.45) is 0 Å². The molecule has 1 amide bonds. The van der Waals surface area contributed by atoms with Gasteiger partial charge in [-0.05, 0) is 65.4 Å². The molecule has 0 bridgehead atoms. The first-order valence-corrected chi connectivity index (χ1v) is 13.9. The fourth-order valence-corrected chi connectivity index (χ4v) is 5.57. The summed E-state index contributed by atoms with van der Waals surface area (Å²) < 4.78 is 5.44. The number of rotatable bonds is 9. The molecule has 3 aromatic heterocycles. The van der Waals surface area contributed by atoms with Crippen LogP contribution in [-0.2, 0) is 17.7 Å². The molecular formula is C30H30N6O2S. The van der Waals surface area contributed by atoms with Gasteiger partial charge in [0.05, 0.1) is 28.7 Å². The molecule has 39 heavy (non-hydrogen) atoms. The first-order valence-electron chi connectivity index (χ1n) is 13.1. The van der Waals surface area contributed by atoms with Crippen molar-refractivity contribution in [2.45, 2.75) is 13.0 Å². The lowest BCUT2D eigenvalue weighted by Gasteiger charge is -2.26. The number of amides is 1. The van der Waals surface area contributed by atoms with E-state index in [1.807, 2.05) is 42.6 Å². The van der Waals surface area contributed by atoms with Gasteiger partial charge >= 0.3 is 0 Å². The zero-order chi connectivity index (χ0) is 26.4. The Morgan fingerprint density at radius 2 is 1.95 bits per heavy atom. The molecule has 3 N–H and O–H groups in total. The van der Waals surface area contributed by atoms with E-state index in [1.165, 1.54) is 16.9 Å². The molecule has 1 fully saturated rings. The molecule has 5 aromatic rings. The van der Waals surface area contributed by atoms with Crippen LogP contribution in [0.2, 0.25) is 0 Å². The SMILES string of the molecule is O=C(NCc1ccc2cc[nH]c2c1)c1ccc(-c2ccnc(Nc3cccc(CCN4CCOCC4)c3)n2)s1. The van der Waals surface area contributed by atoms with Gasteiger partial charge < -0.3 is 20.4 Å². The van der Waals surface area contributed by atoms with E-state index < -0.39 is 0 Å². The van der Waals surface area contributed by atoms with Gasteiger partial charge in [-0.15, -0.1) is 11.3 Å². The number of thiophene rings is 1. The van der Waals surface area contributed by atoms with Gasteiger partial charge in [0.1, 0.15) is 0 Å². The quantitative estimate of drug-likeness (QED) is 0.238. The highest BCUT2D eigenvalue weighted by Gasteiger charge is 2.13. The summed E-state index contributed by atoms with van der Waals surface area (Å²) >= 11 is 1.42. The number of carbonyl (C=O) groups is 1. The Labute approximate surface area is 231 Å². The number of anilines is 2. The molecule has 0 aliphatic carbocycles. The van der Waals surface area contributed by atoms with Gasteiger partial charge in [-0.2, -0.15) is 0 Å². The van der Waals surface area contributed by atoms with Gasteiger partial charge in [0.25, 0.3) is 5.91 Å². The minimum atomic E-state index is -0.0980. The maximum Gasteiger partial charge on any atom is 0.261 e.